The van der Waals surface area contributed by atoms with Crippen molar-refractivity contribution in [2.75, 3.05) is 88.2 Å². The van der Waals surface area contributed by atoms with Crippen molar-refractivity contribution in [3.05, 3.63) is 53.6 Å². The third kappa shape index (κ3) is 5.12. The van der Waals surface area contributed by atoms with Crippen molar-refractivity contribution >= 4 is 17.1 Å². The molecule has 0 saturated carbocycles. The van der Waals surface area contributed by atoms with Gasteiger partial charge in [-0.25, -0.2) is 0 Å². The molecule has 0 bridgehead atoms. The number of nitrogens with zero attached hydrogens (tertiary/aromatic N) is 6. The third-order valence-corrected chi connectivity index (χ3v) is 6.58. The Morgan fingerprint density at radius 3 is 2.00 bits per heavy atom. The molecule has 2 heterocycles. The number of hydrogen-bond acceptors (Lipinski definition) is 6. The van der Waals surface area contributed by atoms with Crippen molar-refractivity contribution in [1.29, 1.82) is 5.26 Å². The van der Waals surface area contributed by atoms with Crippen LogP contribution in [0, 0.1) is 11.3 Å². The molecule has 4 rings (SSSR count). The molecule has 0 atom stereocenters. The fourth-order valence-electron chi connectivity index (χ4n) is 4.45. The standard InChI is InChI=1S/C25H34N6/c1-27(2)23-6-8-24(9-7-23)30-16-12-29(13-17-30)20-22-18-25(5-4-21(22)19-26)31-14-10-28(3)11-15-31/h4-9,18H,10-17,20H2,1-3H3. The van der Waals surface area contributed by atoms with E-state index in [1.807, 2.05) is 6.07 Å². The molecule has 2 aliphatic heterocycles. The number of likely N-dealkylation sites (N-methyl/N-ethyl adjacent to an activating group) is 1. The number of hydrogen-bond donors (Lipinski definition) is 0. The predicted molar refractivity (Wildman–Crippen MR) is 129 cm³/mol. The normalized spacial score (nSPS) is 18.1. The topological polar surface area (TPSA) is 40.0 Å². The van der Waals surface area contributed by atoms with Crippen LogP contribution in [0.15, 0.2) is 42.5 Å². The largest absolute Gasteiger partial charge is 0.378 e. The number of rotatable bonds is 5. The zero-order chi connectivity index (χ0) is 21.8. The van der Waals surface area contributed by atoms with E-state index in [0.29, 0.717) is 0 Å². The second kappa shape index (κ2) is 9.59. The lowest BCUT2D eigenvalue weighted by Crippen LogP contribution is -2.46. The van der Waals surface area contributed by atoms with Crippen LogP contribution in [0.1, 0.15) is 11.1 Å². The fraction of sp³-hybridized carbons (Fsp3) is 0.480. The van der Waals surface area contributed by atoms with Gasteiger partial charge in [-0.3, -0.25) is 4.90 Å². The Kier molecular flexibility index (Phi) is 6.64. The summed E-state index contributed by atoms with van der Waals surface area (Å²) in [4.78, 5) is 11.9. The smallest absolute Gasteiger partial charge is 0.0995 e. The van der Waals surface area contributed by atoms with Gasteiger partial charge in [0.05, 0.1) is 11.6 Å². The summed E-state index contributed by atoms with van der Waals surface area (Å²) in [7, 11) is 6.32. The van der Waals surface area contributed by atoms with Gasteiger partial charge in [0, 0.05) is 90.1 Å². The number of benzene rings is 2. The van der Waals surface area contributed by atoms with Gasteiger partial charge in [0.1, 0.15) is 0 Å². The Balaban J connectivity index is 1.38. The summed E-state index contributed by atoms with van der Waals surface area (Å²) < 4.78 is 0. The highest BCUT2D eigenvalue weighted by Gasteiger charge is 2.20. The minimum atomic E-state index is 0.805. The van der Waals surface area contributed by atoms with Crippen molar-refractivity contribution in [2.45, 2.75) is 6.54 Å². The second-order valence-corrected chi connectivity index (χ2v) is 8.92. The minimum Gasteiger partial charge on any atom is -0.378 e. The highest BCUT2D eigenvalue weighted by atomic mass is 15.3. The van der Waals surface area contributed by atoms with Crippen molar-refractivity contribution < 1.29 is 0 Å². The molecule has 0 amide bonds. The first-order chi connectivity index (χ1) is 15.0. The lowest BCUT2D eigenvalue weighted by Gasteiger charge is -2.37. The van der Waals surface area contributed by atoms with E-state index in [1.165, 1.54) is 17.1 Å². The molecular weight excluding hydrogens is 384 g/mol. The molecule has 0 N–H and O–H groups in total. The van der Waals surface area contributed by atoms with Gasteiger partial charge in [-0.1, -0.05) is 0 Å². The van der Waals surface area contributed by atoms with Crippen LogP contribution >= 0.6 is 0 Å². The SMILES string of the molecule is CN1CCN(c2ccc(C#N)c(CN3CCN(c4ccc(N(C)C)cc4)CC3)c2)CC1. The highest BCUT2D eigenvalue weighted by Crippen LogP contribution is 2.24. The molecule has 2 fully saturated rings. The predicted octanol–water partition coefficient (Wildman–Crippen LogP) is 2.70. The summed E-state index contributed by atoms with van der Waals surface area (Å²) in [5.41, 5.74) is 5.73. The lowest BCUT2D eigenvalue weighted by molar-refractivity contribution is 0.249. The van der Waals surface area contributed by atoms with E-state index >= 15 is 0 Å². The molecule has 0 unspecified atom stereocenters. The summed E-state index contributed by atoms with van der Waals surface area (Å²) in [6, 6.07) is 17.6. The zero-order valence-corrected chi connectivity index (χ0v) is 19.1. The molecule has 0 radical (unpaired) electrons. The number of anilines is 3. The van der Waals surface area contributed by atoms with Crippen molar-refractivity contribution in [3.63, 3.8) is 0 Å². The van der Waals surface area contributed by atoms with E-state index in [0.717, 1.165) is 70.0 Å². The zero-order valence-electron chi connectivity index (χ0n) is 19.1. The van der Waals surface area contributed by atoms with Gasteiger partial charge in [-0.2, -0.15) is 5.26 Å². The minimum absolute atomic E-state index is 0.805. The summed E-state index contributed by atoms with van der Waals surface area (Å²) in [6.45, 7) is 9.18. The first kappa shape index (κ1) is 21.5. The molecule has 2 aliphatic rings. The van der Waals surface area contributed by atoms with Crippen LogP contribution in [0.4, 0.5) is 17.1 Å². The maximum atomic E-state index is 9.64. The number of piperazine rings is 2. The van der Waals surface area contributed by atoms with Gasteiger partial charge in [0.15, 0.2) is 0 Å². The molecule has 31 heavy (non-hydrogen) atoms. The first-order valence-electron chi connectivity index (χ1n) is 11.2. The monoisotopic (exact) mass is 418 g/mol. The summed E-state index contributed by atoms with van der Waals surface area (Å²) in [5.74, 6) is 0. The van der Waals surface area contributed by atoms with Crippen LogP contribution in [0.5, 0.6) is 0 Å². The summed E-state index contributed by atoms with van der Waals surface area (Å²) >= 11 is 0. The van der Waals surface area contributed by atoms with E-state index in [-0.39, 0.29) is 0 Å². The van der Waals surface area contributed by atoms with E-state index in [9.17, 15) is 5.26 Å². The molecule has 0 spiro atoms. The van der Waals surface area contributed by atoms with Crippen molar-refractivity contribution in [2.24, 2.45) is 0 Å². The van der Waals surface area contributed by atoms with Gasteiger partial charge in [-0.05, 0) is 55.1 Å². The Morgan fingerprint density at radius 1 is 0.806 bits per heavy atom. The average Bonchev–Trinajstić information content (AvgIpc) is 2.80. The maximum absolute atomic E-state index is 9.64. The van der Waals surface area contributed by atoms with Crippen LogP contribution in [0.3, 0.4) is 0 Å². The Morgan fingerprint density at radius 2 is 1.39 bits per heavy atom. The lowest BCUT2D eigenvalue weighted by atomic mass is 10.1. The molecule has 2 saturated heterocycles. The van der Waals surface area contributed by atoms with Gasteiger partial charge in [0.25, 0.3) is 0 Å². The van der Waals surface area contributed by atoms with Gasteiger partial charge in [-0.15, -0.1) is 0 Å². The molecule has 6 nitrogen and oxygen atoms in total. The van der Waals surface area contributed by atoms with Gasteiger partial charge < -0.3 is 19.6 Å². The first-order valence-corrected chi connectivity index (χ1v) is 11.2. The van der Waals surface area contributed by atoms with Crippen LogP contribution in [0.2, 0.25) is 0 Å². The highest BCUT2D eigenvalue weighted by molar-refractivity contribution is 5.56. The van der Waals surface area contributed by atoms with E-state index in [1.54, 1.807) is 0 Å². The quantitative estimate of drug-likeness (QED) is 0.744. The molecule has 164 valence electrons. The Bertz CT molecular complexity index is 901. The summed E-state index contributed by atoms with van der Waals surface area (Å²) in [5, 5.41) is 9.64. The summed E-state index contributed by atoms with van der Waals surface area (Å²) in [6.07, 6.45) is 0. The molecule has 2 aromatic rings. The third-order valence-electron chi connectivity index (χ3n) is 6.58. The van der Waals surface area contributed by atoms with Crippen molar-refractivity contribution in [1.82, 2.24) is 9.80 Å². The number of nitriles is 1. The molecule has 2 aromatic carbocycles. The van der Waals surface area contributed by atoms with Crippen LogP contribution in [-0.4, -0.2) is 83.3 Å². The van der Waals surface area contributed by atoms with Crippen LogP contribution in [0.25, 0.3) is 0 Å². The Hall–Kier alpha value is -2.75. The van der Waals surface area contributed by atoms with Crippen LogP contribution < -0.4 is 14.7 Å². The maximum Gasteiger partial charge on any atom is 0.0995 e. The van der Waals surface area contributed by atoms with Crippen molar-refractivity contribution in [3.8, 4) is 6.07 Å². The average molecular weight is 419 g/mol. The van der Waals surface area contributed by atoms with E-state index in [4.69, 9.17) is 0 Å². The molecule has 0 aromatic heterocycles. The van der Waals surface area contributed by atoms with E-state index in [2.05, 4.69) is 88.1 Å². The molecule has 6 heteroatoms. The van der Waals surface area contributed by atoms with Gasteiger partial charge >= 0.3 is 0 Å². The second-order valence-electron chi connectivity index (χ2n) is 8.92. The van der Waals surface area contributed by atoms with Crippen LogP contribution in [-0.2, 0) is 6.54 Å². The Labute approximate surface area is 186 Å². The molecular formula is C25H34N6. The van der Waals surface area contributed by atoms with Gasteiger partial charge in [0.2, 0.25) is 0 Å². The van der Waals surface area contributed by atoms with E-state index < -0.39 is 0 Å². The fourth-order valence-corrected chi connectivity index (χ4v) is 4.45. The molecule has 0 aliphatic carbocycles.